The number of hydrogen-bond acceptors (Lipinski definition) is 3. The van der Waals surface area contributed by atoms with Gasteiger partial charge in [0.25, 0.3) is 0 Å². The first-order chi connectivity index (χ1) is 7.13. The zero-order valence-corrected chi connectivity index (χ0v) is 10.6. The summed E-state index contributed by atoms with van der Waals surface area (Å²) in [7, 11) is 0. The molecule has 1 aromatic rings. The van der Waals surface area contributed by atoms with Crippen LogP contribution in [0.25, 0.3) is 0 Å². The van der Waals surface area contributed by atoms with Crippen LogP contribution in [-0.4, -0.2) is 19.1 Å². The molecule has 0 amide bonds. The molecule has 0 saturated heterocycles. The highest BCUT2D eigenvalue weighted by molar-refractivity contribution is 9.10. The molecule has 0 aliphatic heterocycles. The van der Waals surface area contributed by atoms with Gasteiger partial charge in [-0.15, -0.1) is 0 Å². The summed E-state index contributed by atoms with van der Waals surface area (Å²) in [5.74, 6) is -0.288. The second kappa shape index (κ2) is 5.98. The normalized spacial score (nSPS) is 9.80. The standard InChI is InChI=1S/C10H11BrClNO2/c1-2-15-10(14)6-13-9-5-7(12)3-4-8(9)11/h3-5,13H,2,6H2,1H3. The fraction of sp³-hybridized carbons (Fsp3) is 0.300. The van der Waals surface area contributed by atoms with Crippen LogP contribution in [0.3, 0.4) is 0 Å². The molecule has 0 aromatic heterocycles. The third-order valence-corrected chi connectivity index (χ3v) is 2.58. The Morgan fingerprint density at radius 3 is 3.00 bits per heavy atom. The Bertz CT molecular complexity index is 357. The molecule has 0 spiro atoms. The van der Waals surface area contributed by atoms with E-state index in [0.29, 0.717) is 11.6 Å². The molecule has 0 fully saturated rings. The van der Waals surface area contributed by atoms with Crippen LogP contribution in [0, 0.1) is 0 Å². The van der Waals surface area contributed by atoms with Gasteiger partial charge in [-0.1, -0.05) is 11.6 Å². The Hall–Kier alpha value is -0.740. The fourth-order valence-corrected chi connectivity index (χ4v) is 1.57. The SMILES string of the molecule is CCOC(=O)CNc1cc(Cl)ccc1Br. The highest BCUT2D eigenvalue weighted by atomic mass is 79.9. The quantitative estimate of drug-likeness (QED) is 0.867. The molecule has 3 nitrogen and oxygen atoms in total. The molecule has 0 aliphatic carbocycles. The maximum Gasteiger partial charge on any atom is 0.325 e. The van der Waals surface area contributed by atoms with Crippen molar-refractivity contribution in [2.45, 2.75) is 6.92 Å². The Balaban J connectivity index is 2.57. The van der Waals surface area contributed by atoms with Crippen LogP contribution in [0.1, 0.15) is 6.92 Å². The number of benzene rings is 1. The van der Waals surface area contributed by atoms with E-state index in [-0.39, 0.29) is 12.5 Å². The van der Waals surface area contributed by atoms with Crippen LogP contribution in [0.5, 0.6) is 0 Å². The van der Waals surface area contributed by atoms with Crippen LogP contribution < -0.4 is 5.32 Å². The van der Waals surface area contributed by atoms with Gasteiger partial charge >= 0.3 is 5.97 Å². The summed E-state index contributed by atoms with van der Waals surface area (Å²) >= 11 is 9.16. The summed E-state index contributed by atoms with van der Waals surface area (Å²) in [5, 5.41) is 3.55. The zero-order valence-electron chi connectivity index (χ0n) is 8.22. The average Bonchev–Trinajstić information content (AvgIpc) is 2.20. The lowest BCUT2D eigenvalue weighted by atomic mass is 10.3. The number of halogens is 2. The number of anilines is 1. The molecule has 0 saturated carbocycles. The Morgan fingerprint density at radius 1 is 1.60 bits per heavy atom. The summed E-state index contributed by atoms with van der Waals surface area (Å²) < 4.78 is 5.64. The van der Waals surface area contributed by atoms with E-state index in [4.69, 9.17) is 16.3 Å². The van der Waals surface area contributed by atoms with Crippen LogP contribution in [0.2, 0.25) is 5.02 Å². The second-order valence-electron chi connectivity index (χ2n) is 2.78. The van der Waals surface area contributed by atoms with Crippen molar-refractivity contribution >= 4 is 39.2 Å². The van der Waals surface area contributed by atoms with Crippen molar-refractivity contribution in [3.05, 3.63) is 27.7 Å². The minimum Gasteiger partial charge on any atom is -0.465 e. The number of hydrogen-bond donors (Lipinski definition) is 1. The molecular weight excluding hydrogens is 281 g/mol. The largest absolute Gasteiger partial charge is 0.465 e. The lowest BCUT2D eigenvalue weighted by Gasteiger charge is -2.08. The predicted octanol–water partition coefficient (Wildman–Crippen LogP) is 3.08. The Labute approximate surface area is 102 Å². The van der Waals surface area contributed by atoms with Crippen molar-refractivity contribution in [2.75, 3.05) is 18.5 Å². The monoisotopic (exact) mass is 291 g/mol. The van der Waals surface area contributed by atoms with Crippen molar-refractivity contribution < 1.29 is 9.53 Å². The highest BCUT2D eigenvalue weighted by Crippen LogP contribution is 2.25. The first-order valence-corrected chi connectivity index (χ1v) is 5.65. The number of carbonyl (C=O) groups excluding carboxylic acids is 1. The van der Waals surface area contributed by atoms with E-state index in [0.717, 1.165) is 10.2 Å². The van der Waals surface area contributed by atoms with Gasteiger partial charge < -0.3 is 10.1 Å². The minimum absolute atomic E-state index is 0.132. The van der Waals surface area contributed by atoms with Crippen LogP contribution >= 0.6 is 27.5 Å². The summed E-state index contributed by atoms with van der Waals surface area (Å²) in [6.07, 6.45) is 0. The summed E-state index contributed by atoms with van der Waals surface area (Å²) in [4.78, 5) is 11.1. The minimum atomic E-state index is -0.288. The molecular formula is C10H11BrClNO2. The highest BCUT2D eigenvalue weighted by Gasteiger charge is 2.04. The van der Waals surface area contributed by atoms with Gasteiger partial charge in [-0.25, -0.2) is 0 Å². The van der Waals surface area contributed by atoms with Gasteiger partial charge in [-0.05, 0) is 41.1 Å². The molecule has 82 valence electrons. The first-order valence-electron chi connectivity index (χ1n) is 4.48. The molecule has 0 aliphatic rings. The third-order valence-electron chi connectivity index (χ3n) is 1.66. The molecule has 1 N–H and O–H groups in total. The molecule has 0 bridgehead atoms. The molecule has 0 radical (unpaired) electrons. The smallest absolute Gasteiger partial charge is 0.325 e. The molecule has 0 heterocycles. The van der Waals surface area contributed by atoms with Crippen molar-refractivity contribution in [3.8, 4) is 0 Å². The number of rotatable bonds is 4. The van der Waals surface area contributed by atoms with Crippen molar-refractivity contribution in [1.29, 1.82) is 0 Å². The van der Waals surface area contributed by atoms with Gasteiger partial charge in [0, 0.05) is 9.50 Å². The molecule has 1 rings (SSSR count). The third kappa shape index (κ3) is 4.10. The Kier molecular flexibility index (Phi) is 4.91. The first kappa shape index (κ1) is 12.3. The number of esters is 1. The summed E-state index contributed by atoms with van der Waals surface area (Å²) in [6, 6.07) is 5.32. The van der Waals surface area contributed by atoms with Crippen LogP contribution in [0.15, 0.2) is 22.7 Å². The number of nitrogens with one attached hydrogen (secondary N) is 1. The molecule has 15 heavy (non-hydrogen) atoms. The van der Waals surface area contributed by atoms with Crippen molar-refractivity contribution in [1.82, 2.24) is 0 Å². The van der Waals surface area contributed by atoms with Gasteiger partial charge in [-0.3, -0.25) is 4.79 Å². The van der Waals surface area contributed by atoms with E-state index in [9.17, 15) is 4.79 Å². The van der Waals surface area contributed by atoms with Gasteiger partial charge in [-0.2, -0.15) is 0 Å². The van der Waals surface area contributed by atoms with Gasteiger partial charge in [0.2, 0.25) is 0 Å². The molecule has 0 atom stereocenters. The van der Waals surface area contributed by atoms with E-state index in [1.165, 1.54) is 0 Å². The molecule has 1 aromatic carbocycles. The van der Waals surface area contributed by atoms with Gasteiger partial charge in [0.1, 0.15) is 6.54 Å². The van der Waals surface area contributed by atoms with E-state index in [1.54, 1.807) is 19.1 Å². The van der Waals surface area contributed by atoms with Crippen LogP contribution in [0.4, 0.5) is 5.69 Å². The van der Waals surface area contributed by atoms with Gasteiger partial charge in [0.05, 0.1) is 12.3 Å². The zero-order chi connectivity index (χ0) is 11.3. The lowest BCUT2D eigenvalue weighted by molar-refractivity contribution is -0.140. The fourth-order valence-electron chi connectivity index (χ4n) is 1.01. The number of ether oxygens (including phenoxy) is 1. The van der Waals surface area contributed by atoms with E-state index < -0.39 is 0 Å². The predicted molar refractivity (Wildman–Crippen MR) is 64.3 cm³/mol. The maximum atomic E-state index is 11.1. The lowest BCUT2D eigenvalue weighted by Crippen LogP contribution is -2.16. The maximum absolute atomic E-state index is 11.1. The summed E-state index contributed by atoms with van der Waals surface area (Å²) in [6.45, 7) is 2.29. The van der Waals surface area contributed by atoms with E-state index in [1.807, 2.05) is 6.07 Å². The number of carbonyl (C=O) groups is 1. The van der Waals surface area contributed by atoms with Crippen LogP contribution in [-0.2, 0) is 9.53 Å². The average molecular weight is 293 g/mol. The van der Waals surface area contributed by atoms with Crippen molar-refractivity contribution in [3.63, 3.8) is 0 Å². The van der Waals surface area contributed by atoms with E-state index in [2.05, 4.69) is 21.2 Å². The molecule has 5 heteroatoms. The molecule has 0 unspecified atom stereocenters. The summed E-state index contributed by atoms with van der Waals surface area (Å²) in [5.41, 5.74) is 0.774. The van der Waals surface area contributed by atoms with Gasteiger partial charge in [0.15, 0.2) is 0 Å². The van der Waals surface area contributed by atoms with Crippen molar-refractivity contribution in [2.24, 2.45) is 0 Å². The van der Waals surface area contributed by atoms with E-state index >= 15 is 0 Å². The Morgan fingerprint density at radius 2 is 2.33 bits per heavy atom. The second-order valence-corrected chi connectivity index (χ2v) is 4.07. The topological polar surface area (TPSA) is 38.3 Å².